The number of carbonyl (C=O) groups is 4. The largest absolute Gasteiger partial charge is 0.459 e. The van der Waals surface area contributed by atoms with Gasteiger partial charge in [0.25, 0.3) is 11.8 Å². The predicted molar refractivity (Wildman–Crippen MR) is 122 cm³/mol. The molecule has 3 fully saturated rings. The molecule has 5 rings (SSSR count). The van der Waals surface area contributed by atoms with Gasteiger partial charge in [-0.3, -0.25) is 14.4 Å². The predicted octanol–water partition coefficient (Wildman–Crippen LogP) is 2.35. The van der Waals surface area contributed by atoms with Crippen LogP contribution in [-0.2, 0) is 9.59 Å². The normalized spacial score (nSPS) is 23.7. The number of amides is 5. The summed E-state index contributed by atoms with van der Waals surface area (Å²) in [7, 11) is 1.57. The maximum atomic E-state index is 13.4. The number of urea groups is 1. The minimum Gasteiger partial charge on any atom is -0.459 e. The molecule has 0 spiro atoms. The van der Waals surface area contributed by atoms with Crippen LogP contribution in [0.3, 0.4) is 0 Å². The van der Waals surface area contributed by atoms with E-state index in [2.05, 4.69) is 0 Å². The number of nitrogens with zero attached hydrogens (tertiary/aromatic N) is 4. The van der Waals surface area contributed by atoms with Gasteiger partial charge in [-0.2, -0.15) is 0 Å². The Labute approximate surface area is 197 Å². The highest BCUT2D eigenvalue weighted by Gasteiger charge is 2.58. The van der Waals surface area contributed by atoms with Crippen molar-refractivity contribution in [3.8, 4) is 0 Å². The smallest absolute Gasteiger partial charge is 0.327 e. The molecule has 0 N–H and O–H groups in total. The van der Waals surface area contributed by atoms with Gasteiger partial charge in [0.1, 0.15) is 12.6 Å². The lowest BCUT2D eigenvalue weighted by Crippen LogP contribution is -2.70. The number of piperidine rings is 1. The van der Waals surface area contributed by atoms with E-state index in [-0.39, 0.29) is 30.3 Å². The van der Waals surface area contributed by atoms with Crippen LogP contribution in [0.2, 0.25) is 0 Å². The van der Waals surface area contributed by atoms with Crippen molar-refractivity contribution in [1.82, 2.24) is 19.6 Å². The van der Waals surface area contributed by atoms with E-state index in [1.807, 2.05) is 36.9 Å². The van der Waals surface area contributed by atoms with Crippen LogP contribution in [0.5, 0.6) is 0 Å². The third kappa shape index (κ3) is 3.46. The molecule has 1 aromatic carbocycles. The van der Waals surface area contributed by atoms with E-state index in [0.29, 0.717) is 31.7 Å². The molecular weight excluding hydrogens is 436 g/mol. The average molecular weight is 465 g/mol. The van der Waals surface area contributed by atoms with Crippen molar-refractivity contribution in [2.24, 2.45) is 0 Å². The van der Waals surface area contributed by atoms with Gasteiger partial charge in [0, 0.05) is 26.2 Å². The van der Waals surface area contributed by atoms with Gasteiger partial charge in [0.15, 0.2) is 5.76 Å². The summed E-state index contributed by atoms with van der Waals surface area (Å²) in [6.45, 7) is 5.02. The first kappa shape index (κ1) is 22.2. The molecule has 0 aliphatic carbocycles. The van der Waals surface area contributed by atoms with Crippen molar-refractivity contribution in [2.45, 2.75) is 44.8 Å². The van der Waals surface area contributed by atoms with Crippen LogP contribution < -0.4 is 0 Å². The maximum Gasteiger partial charge on any atom is 0.327 e. The van der Waals surface area contributed by atoms with Crippen LogP contribution in [0, 0.1) is 13.8 Å². The lowest BCUT2D eigenvalue weighted by atomic mass is 9.82. The van der Waals surface area contributed by atoms with Crippen molar-refractivity contribution in [3.63, 3.8) is 0 Å². The molecule has 2 atom stereocenters. The Morgan fingerprint density at radius 1 is 1.00 bits per heavy atom. The number of likely N-dealkylation sites (N-methyl/N-ethyl adjacent to an activating group) is 1. The van der Waals surface area contributed by atoms with Crippen LogP contribution in [0.15, 0.2) is 41.0 Å². The number of aryl methyl sites for hydroxylation is 2. The number of benzene rings is 1. The fourth-order valence-corrected chi connectivity index (χ4v) is 5.26. The Bertz CT molecular complexity index is 1150. The van der Waals surface area contributed by atoms with Gasteiger partial charge < -0.3 is 19.1 Å². The molecule has 5 amide bonds. The highest BCUT2D eigenvalue weighted by molar-refractivity contribution is 6.07. The van der Waals surface area contributed by atoms with Crippen LogP contribution in [-0.4, -0.2) is 82.1 Å². The summed E-state index contributed by atoms with van der Waals surface area (Å²) >= 11 is 0. The number of furan rings is 1. The molecule has 0 radical (unpaired) electrons. The Balaban J connectivity index is 1.39. The van der Waals surface area contributed by atoms with Crippen molar-refractivity contribution in [2.75, 3.05) is 26.7 Å². The average Bonchev–Trinajstić information content (AvgIpc) is 3.44. The molecule has 3 saturated heterocycles. The van der Waals surface area contributed by atoms with Gasteiger partial charge in [0.05, 0.1) is 12.3 Å². The van der Waals surface area contributed by atoms with Gasteiger partial charge >= 0.3 is 6.03 Å². The zero-order valence-corrected chi connectivity index (χ0v) is 19.6. The van der Waals surface area contributed by atoms with E-state index in [0.717, 1.165) is 21.6 Å². The summed E-state index contributed by atoms with van der Waals surface area (Å²) in [4.78, 5) is 57.5. The Hall–Kier alpha value is -3.62. The Morgan fingerprint density at radius 3 is 2.32 bits per heavy atom. The van der Waals surface area contributed by atoms with Crippen LogP contribution in [0.1, 0.15) is 46.1 Å². The molecule has 1 aromatic heterocycles. The van der Waals surface area contributed by atoms with E-state index in [9.17, 15) is 19.2 Å². The standard InChI is InChI=1S/C25H28N4O5/c1-15-6-7-17(13-16(15)2)21-22(29-20(30)14-26(3)25(29)33)24(32)28(21)18-8-10-27(11-9-18)23(31)19-5-4-12-34-19/h4-7,12-13,18,21-22H,8-11,14H2,1-3H3/t21-,22-/m0/s1. The van der Waals surface area contributed by atoms with Gasteiger partial charge in [-0.1, -0.05) is 18.2 Å². The van der Waals surface area contributed by atoms with Gasteiger partial charge in [-0.25, -0.2) is 9.69 Å². The Kier molecular flexibility index (Phi) is 5.42. The van der Waals surface area contributed by atoms with Crippen molar-refractivity contribution in [1.29, 1.82) is 0 Å². The fraction of sp³-hybridized carbons (Fsp3) is 0.440. The lowest BCUT2D eigenvalue weighted by Gasteiger charge is -2.54. The zero-order chi connectivity index (χ0) is 24.1. The third-order valence-electron chi connectivity index (χ3n) is 7.31. The minimum atomic E-state index is -0.838. The molecule has 0 saturated carbocycles. The van der Waals surface area contributed by atoms with Crippen LogP contribution in [0.4, 0.5) is 4.79 Å². The van der Waals surface area contributed by atoms with E-state index >= 15 is 0 Å². The highest BCUT2D eigenvalue weighted by atomic mass is 16.3. The molecular formula is C25H28N4O5. The molecule has 178 valence electrons. The molecule has 3 aliphatic heterocycles. The summed E-state index contributed by atoms with van der Waals surface area (Å²) in [5, 5.41) is 0. The number of imide groups is 1. The molecule has 0 bridgehead atoms. The summed E-state index contributed by atoms with van der Waals surface area (Å²) in [5.41, 5.74) is 3.14. The summed E-state index contributed by atoms with van der Waals surface area (Å²) < 4.78 is 5.24. The summed E-state index contributed by atoms with van der Waals surface area (Å²) in [6.07, 6.45) is 2.72. The molecule has 2 aromatic rings. The number of likely N-dealkylation sites (tertiary alicyclic amines) is 2. The van der Waals surface area contributed by atoms with Gasteiger partial charge in [-0.15, -0.1) is 0 Å². The first-order valence-corrected chi connectivity index (χ1v) is 11.6. The number of rotatable bonds is 4. The molecule has 9 heteroatoms. The number of β-lactam (4-membered cyclic amide) rings is 1. The molecule has 0 unspecified atom stereocenters. The summed E-state index contributed by atoms with van der Waals surface area (Å²) in [5.74, 6) is -0.408. The maximum absolute atomic E-state index is 13.4. The second-order valence-electron chi connectivity index (χ2n) is 9.38. The van der Waals surface area contributed by atoms with Crippen molar-refractivity contribution < 1.29 is 23.6 Å². The van der Waals surface area contributed by atoms with Gasteiger partial charge in [-0.05, 0) is 55.5 Å². The SMILES string of the molecule is Cc1ccc([C@H]2[C@H](N3C(=O)CN(C)C3=O)C(=O)N2C2CCN(C(=O)c3ccco3)CC2)cc1C. The van der Waals surface area contributed by atoms with Crippen LogP contribution >= 0.6 is 0 Å². The third-order valence-corrected chi connectivity index (χ3v) is 7.31. The van der Waals surface area contributed by atoms with E-state index in [4.69, 9.17) is 4.42 Å². The number of hydrogen-bond acceptors (Lipinski definition) is 5. The molecule has 34 heavy (non-hydrogen) atoms. The minimum absolute atomic E-state index is 0.0183. The lowest BCUT2D eigenvalue weighted by molar-refractivity contribution is -0.167. The monoisotopic (exact) mass is 464 g/mol. The molecule has 9 nitrogen and oxygen atoms in total. The van der Waals surface area contributed by atoms with Gasteiger partial charge in [0.2, 0.25) is 5.91 Å². The van der Waals surface area contributed by atoms with Crippen LogP contribution in [0.25, 0.3) is 0 Å². The molecule has 3 aliphatic rings. The van der Waals surface area contributed by atoms with Crippen molar-refractivity contribution >= 4 is 23.8 Å². The second-order valence-corrected chi connectivity index (χ2v) is 9.38. The first-order valence-electron chi connectivity index (χ1n) is 11.6. The first-order chi connectivity index (χ1) is 16.3. The Morgan fingerprint density at radius 2 is 1.74 bits per heavy atom. The number of hydrogen-bond donors (Lipinski definition) is 0. The zero-order valence-electron chi connectivity index (χ0n) is 19.6. The quantitative estimate of drug-likeness (QED) is 0.511. The second kappa shape index (κ2) is 8.30. The fourth-order valence-electron chi connectivity index (χ4n) is 5.26. The summed E-state index contributed by atoms with van der Waals surface area (Å²) in [6, 6.07) is 7.60. The van der Waals surface area contributed by atoms with Crippen molar-refractivity contribution in [3.05, 3.63) is 59.0 Å². The highest BCUT2D eigenvalue weighted by Crippen LogP contribution is 2.43. The van der Waals surface area contributed by atoms with E-state index < -0.39 is 18.1 Å². The van der Waals surface area contributed by atoms with E-state index in [1.54, 1.807) is 24.1 Å². The number of carbonyl (C=O) groups excluding carboxylic acids is 4. The molecule has 4 heterocycles. The topological polar surface area (TPSA) is 94.4 Å². The van der Waals surface area contributed by atoms with E-state index in [1.165, 1.54) is 11.2 Å².